The Morgan fingerprint density at radius 1 is 0.830 bits per heavy atom. The van der Waals surface area contributed by atoms with Crippen molar-refractivity contribution >= 4 is 50.9 Å². The molecule has 53 heavy (non-hydrogen) atoms. The van der Waals surface area contributed by atoms with Gasteiger partial charge in [0.1, 0.15) is 6.04 Å². The second kappa shape index (κ2) is 18.5. The van der Waals surface area contributed by atoms with Gasteiger partial charge in [-0.25, -0.2) is 8.42 Å². The molecule has 0 radical (unpaired) electrons. The molecule has 12 nitrogen and oxygen atoms in total. The van der Waals surface area contributed by atoms with Crippen LogP contribution in [0.25, 0.3) is 0 Å². The molecule has 1 aliphatic rings. The van der Waals surface area contributed by atoms with Crippen molar-refractivity contribution in [1.29, 1.82) is 0 Å². The van der Waals surface area contributed by atoms with Gasteiger partial charge >= 0.3 is 0 Å². The molecule has 0 aliphatic carbocycles. The Bertz CT molecular complexity index is 1870. The summed E-state index contributed by atoms with van der Waals surface area (Å²) in [6.07, 6.45) is 3.34. The Morgan fingerprint density at radius 2 is 1.45 bits per heavy atom. The predicted molar refractivity (Wildman–Crippen MR) is 208 cm³/mol. The van der Waals surface area contributed by atoms with Crippen molar-refractivity contribution in [3.05, 3.63) is 100 Å². The third-order valence-corrected chi connectivity index (χ3v) is 10.8. The fourth-order valence-electron chi connectivity index (χ4n) is 6.07. The lowest BCUT2D eigenvalue weighted by atomic mass is 10.0. The Hall–Kier alpha value is -4.46. The Balaban J connectivity index is 1.54. The summed E-state index contributed by atoms with van der Waals surface area (Å²) in [6, 6.07) is 18.5. The number of benzene rings is 3. The van der Waals surface area contributed by atoms with Gasteiger partial charge in [-0.1, -0.05) is 67.9 Å². The highest BCUT2D eigenvalue weighted by Gasteiger charge is 2.31. The van der Waals surface area contributed by atoms with E-state index in [1.54, 1.807) is 36.9 Å². The summed E-state index contributed by atoms with van der Waals surface area (Å²) in [5.74, 6) is -1.57. The second-order valence-electron chi connectivity index (χ2n) is 14.0. The van der Waals surface area contributed by atoms with Crippen LogP contribution in [0, 0.1) is 5.92 Å². The first-order valence-corrected chi connectivity index (χ1v) is 20.1. The molecule has 4 N–H and O–H groups in total. The molecule has 0 aromatic heterocycles. The average molecular weight is 767 g/mol. The number of carbonyl (C=O) groups is 4. The zero-order valence-corrected chi connectivity index (χ0v) is 32.8. The molecule has 14 heteroatoms. The molecule has 4 rings (SSSR count). The zero-order chi connectivity index (χ0) is 38.9. The third-order valence-electron chi connectivity index (χ3n) is 9.37. The molecule has 0 bridgehead atoms. The smallest absolute Gasteiger partial charge is 0.251 e. The molecule has 4 amide bonds. The number of likely N-dealkylation sites (tertiary alicyclic amines) is 1. The third kappa shape index (κ3) is 11.8. The summed E-state index contributed by atoms with van der Waals surface area (Å²) in [5.41, 5.74) is 2.00. The van der Waals surface area contributed by atoms with Crippen molar-refractivity contribution in [1.82, 2.24) is 26.2 Å². The summed E-state index contributed by atoms with van der Waals surface area (Å²) in [5, 5.41) is 12.6. The van der Waals surface area contributed by atoms with Crippen molar-refractivity contribution in [2.75, 3.05) is 37.2 Å². The first-order valence-electron chi connectivity index (χ1n) is 17.9. The number of hydrogen-bond donors (Lipinski definition) is 4. The lowest BCUT2D eigenvalue weighted by molar-refractivity contribution is -0.137. The number of nitrogens with one attached hydrogen (secondary N) is 4. The molecule has 3 aromatic rings. The van der Waals surface area contributed by atoms with Crippen LogP contribution in [0.1, 0.15) is 78.4 Å². The maximum Gasteiger partial charge on any atom is 0.251 e. The maximum atomic E-state index is 14.0. The number of amides is 4. The first kappa shape index (κ1) is 41.3. The fourth-order valence-corrected chi connectivity index (χ4v) is 6.75. The molecular weight excluding hydrogens is 716 g/mol. The van der Waals surface area contributed by atoms with Crippen LogP contribution in [-0.2, 0) is 26.0 Å². The minimum Gasteiger partial charge on any atom is -0.348 e. The van der Waals surface area contributed by atoms with E-state index in [9.17, 15) is 27.6 Å². The van der Waals surface area contributed by atoms with E-state index in [0.29, 0.717) is 24.5 Å². The molecule has 1 fully saturated rings. The predicted octanol–water partition coefficient (Wildman–Crippen LogP) is 4.31. The molecular formula is C39H51ClN6O6S. The topological polar surface area (TPSA) is 157 Å². The molecule has 1 aliphatic heterocycles. The van der Waals surface area contributed by atoms with Gasteiger partial charge in [0.25, 0.3) is 11.8 Å². The number of hydrogen-bond acceptors (Lipinski definition) is 7. The van der Waals surface area contributed by atoms with Crippen molar-refractivity contribution in [3.63, 3.8) is 0 Å². The van der Waals surface area contributed by atoms with Crippen molar-refractivity contribution < 1.29 is 27.6 Å². The van der Waals surface area contributed by atoms with Gasteiger partial charge < -0.3 is 26.2 Å². The zero-order valence-electron chi connectivity index (χ0n) is 31.2. The van der Waals surface area contributed by atoms with E-state index in [1.165, 1.54) is 25.2 Å². The largest absolute Gasteiger partial charge is 0.348 e. The molecule has 3 aromatic carbocycles. The number of nitrogens with zero attached hydrogens (tertiary/aromatic N) is 2. The van der Waals surface area contributed by atoms with Gasteiger partial charge in [-0.15, -0.1) is 0 Å². The number of sulfonamides is 1. The van der Waals surface area contributed by atoms with Crippen LogP contribution < -0.4 is 25.6 Å². The van der Waals surface area contributed by atoms with E-state index < -0.39 is 46.0 Å². The number of halogens is 1. The number of carbonyl (C=O) groups excluding carboxylic acids is 4. The van der Waals surface area contributed by atoms with Gasteiger partial charge in [0, 0.05) is 48.9 Å². The summed E-state index contributed by atoms with van der Waals surface area (Å²) < 4.78 is 26.1. The normalized spacial score (nSPS) is 15.3. The van der Waals surface area contributed by atoms with Crippen molar-refractivity contribution in [3.8, 4) is 0 Å². The minimum absolute atomic E-state index is 0.0719. The van der Waals surface area contributed by atoms with Gasteiger partial charge in [0.15, 0.2) is 0 Å². The minimum atomic E-state index is -3.74. The van der Waals surface area contributed by atoms with E-state index in [-0.39, 0.29) is 41.1 Å². The van der Waals surface area contributed by atoms with Gasteiger partial charge in [-0.3, -0.25) is 23.5 Å². The van der Waals surface area contributed by atoms with Crippen LogP contribution in [0.4, 0.5) is 5.69 Å². The van der Waals surface area contributed by atoms with E-state index in [2.05, 4.69) is 21.3 Å². The lowest BCUT2D eigenvalue weighted by Gasteiger charge is -2.28. The standard InChI is InChI=1S/C39H51ClN6O6S/c1-25(2)35(39(50)46-17-10-11-18-46)44-36(47)27(4)41-24-33(19-28-13-8-7-9-14-28)43-38(49)31-20-30(22-34(23-31)45(5)53(6,51)52)37(48)42-26(3)29-15-12-16-32(40)21-29/h7-9,12-16,20-23,25-27,33,35,41H,10-11,17-19,24H2,1-6H3,(H,42,48)(H,43,49)(H,44,47)/t26-,27+,33+,35+/m1/s1. The van der Waals surface area contributed by atoms with Gasteiger partial charge in [-0.05, 0) is 80.5 Å². The average Bonchev–Trinajstić information content (AvgIpc) is 3.67. The Labute approximate surface area is 318 Å². The lowest BCUT2D eigenvalue weighted by Crippen LogP contribution is -2.55. The van der Waals surface area contributed by atoms with Crippen LogP contribution in [0.2, 0.25) is 5.02 Å². The second-order valence-corrected chi connectivity index (χ2v) is 16.5. The van der Waals surface area contributed by atoms with Gasteiger partial charge in [-0.2, -0.15) is 0 Å². The van der Waals surface area contributed by atoms with Crippen LogP contribution in [0.3, 0.4) is 0 Å². The van der Waals surface area contributed by atoms with E-state index in [1.807, 2.05) is 50.2 Å². The number of rotatable bonds is 16. The van der Waals surface area contributed by atoms with Crippen molar-refractivity contribution in [2.45, 2.75) is 71.1 Å². The Morgan fingerprint density at radius 3 is 2.04 bits per heavy atom. The molecule has 1 saturated heterocycles. The van der Waals surface area contributed by atoms with E-state index >= 15 is 0 Å². The summed E-state index contributed by atoms with van der Waals surface area (Å²) in [4.78, 5) is 55.8. The molecule has 0 unspecified atom stereocenters. The highest BCUT2D eigenvalue weighted by Crippen LogP contribution is 2.23. The summed E-state index contributed by atoms with van der Waals surface area (Å²) in [6.45, 7) is 8.87. The molecule has 4 atom stereocenters. The first-order chi connectivity index (χ1) is 25.0. The van der Waals surface area contributed by atoms with Crippen molar-refractivity contribution in [2.24, 2.45) is 5.92 Å². The molecule has 0 spiro atoms. The maximum absolute atomic E-state index is 14.0. The van der Waals surface area contributed by atoms with E-state index in [4.69, 9.17) is 11.6 Å². The van der Waals surface area contributed by atoms with E-state index in [0.717, 1.165) is 34.5 Å². The fraction of sp³-hybridized carbons (Fsp3) is 0.436. The number of anilines is 1. The Kier molecular flexibility index (Phi) is 14.4. The molecule has 0 saturated carbocycles. The summed E-state index contributed by atoms with van der Waals surface area (Å²) in [7, 11) is -2.40. The highest BCUT2D eigenvalue weighted by atomic mass is 35.5. The SMILES string of the molecule is CC(C)[C@H](NC(=O)[C@H](C)NC[C@H](Cc1ccccc1)NC(=O)c1cc(C(=O)N[C@H](C)c2cccc(Cl)c2)cc(N(C)S(C)(=O)=O)c1)C(=O)N1CCCC1. The molecule has 1 heterocycles. The summed E-state index contributed by atoms with van der Waals surface area (Å²) >= 11 is 6.15. The van der Waals surface area contributed by atoms with Gasteiger partial charge in [0.2, 0.25) is 21.8 Å². The van der Waals surface area contributed by atoms with Gasteiger partial charge in [0.05, 0.1) is 24.0 Å². The highest BCUT2D eigenvalue weighted by molar-refractivity contribution is 7.92. The monoisotopic (exact) mass is 766 g/mol. The van der Waals surface area contributed by atoms with Crippen LogP contribution in [0.5, 0.6) is 0 Å². The quantitative estimate of drug-likeness (QED) is 0.169. The molecule has 286 valence electrons. The van der Waals surface area contributed by atoms with Crippen LogP contribution in [0.15, 0.2) is 72.8 Å². The van der Waals surface area contributed by atoms with Crippen LogP contribution >= 0.6 is 11.6 Å². The van der Waals surface area contributed by atoms with Crippen LogP contribution in [-0.4, -0.2) is 88.0 Å².